The number of nitrogens with zero attached hydrogens (tertiary/aromatic N) is 1. The van der Waals surface area contributed by atoms with Gasteiger partial charge in [-0.25, -0.2) is 0 Å². The molecule has 32 heavy (non-hydrogen) atoms. The molecule has 0 aliphatic carbocycles. The van der Waals surface area contributed by atoms with Gasteiger partial charge >= 0.3 is 0 Å². The smallest absolute Gasteiger partial charge is 0.296 e. The van der Waals surface area contributed by atoms with Crippen LogP contribution in [0.3, 0.4) is 0 Å². The topological polar surface area (TPSA) is 80.0 Å². The quantitative estimate of drug-likeness (QED) is 0.355. The highest BCUT2D eigenvalue weighted by atomic mass is 16.5. The first-order valence-electron chi connectivity index (χ1n) is 10.3. The van der Waals surface area contributed by atoms with Crippen LogP contribution in [-0.2, 0) is 16.1 Å². The SMILES string of the molecule is COc1ccc(/C(O)=C2/C(=O)C(=O)N(Cc3cc(C)ccc3C)C2c2ccco2)cc1C. The standard InChI is InChI=1S/C26H25NO5/c1-15-7-8-16(2)19(12-15)14-27-23(21-6-5-11-32-21)22(25(29)26(27)30)24(28)18-9-10-20(31-4)17(3)13-18/h5-13,23,28H,14H2,1-4H3/b24-22-. The molecule has 1 N–H and O–H groups in total. The molecule has 0 spiro atoms. The number of aliphatic hydroxyl groups is 1. The molecule has 2 heterocycles. The molecular weight excluding hydrogens is 406 g/mol. The largest absolute Gasteiger partial charge is 0.507 e. The highest BCUT2D eigenvalue weighted by molar-refractivity contribution is 6.46. The van der Waals surface area contributed by atoms with E-state index in [-0.39, 0.29) is 17.9 Å². The Kier molecular flexibility index (Phi) is 5.61. The van der Waals surface area contributed by atoms with Crippen LogP contribution in [0.15, 0.2) is 64.8 Å². The Morgan fingerprint density at radius 3 is 2.50 bits per heavy atom. The normalized spacial score (nSPS) is 17.8. The molecule has 1 unspecified atom stereocenters. The number of aliphatic hydroxyl groups excluding tert-OH is 1. The molecule has 2 aromatic carbocycles. The summed E-state index contributed by atoms with van der Waals surface area (Å²) in [7, 11) is 1.57. The Hall–Kier alpha value is -3.80. The molecular formula is C26H25NO5. The highest BCUT2D eigenvalue weighted by Crippen LogP contribution is 2.41. The van der Waals surface area contributed by atoms with Gasteiger partial charge < -0.3 is 19.2 Å². The van der Waals surface area contributed by atoms with E-state index >= 15 is 0 Å². The number of Topliss-reactive ketones (excluding diaryl/α,β-unsaturated/α-hetero) is 1. The van der Waals surface area contributed by atoms with Crippen LogP contribution in [0.1, 0.15) is 39.6 Å². The summed E-state index contributed by atoms with van der Waals surface area (Å²) in [6.45, 7) is 6.01. The predicted molar refractivity (Wildman–Crippen MR) is 120 cm³/mol. The van der Waals surface area contributed by atoms with Crippen LogP contribution in [0.5, 0.6) is 5.75 Å². The second-order valence-corrected chi connectivity index (χ2v) is 8.06. The van der Waals surface area contributed by atoms with Crippen molar-refractivity contribution in [1.29, 1.82) is 0 Å². The number of furan rings is 1. The van der Waals surface area contributed by atoms with Gasteiger partial charge in [0, 0.05) is 12.1 Å². The molecule has 4 rings (SSSR count). The van der Waals surface area contributed by atoms with E-state index in [0.717, 1.165) is 22.3 Å². The summed E-state index contributed by atoms with van der Waals surface area (Å²) in [5.41, 5.74) is 4.26. The fourth-order valence-corrected chi connectivity index (χ4v) is 4.12. The molecule has 1 atom stereocenters. The summed E-state index contributed by atoms with van der Waals surface area (Å²) in [6, 6.07) is 13.7. The zero-order chi connectivity index (χ0) is 23.0. The number of benzene rings is 2. The van der Waals surface area contributed by atoms with Crippen LogP contribution < -0.4 is 4.74 Å². The lowest BCUT2D eigenvalue weighted by molar-refractivity contribution is -0.140. The molecule has 1 aliphatic rings. The van der Waals surface area contributed by atoms with E-state index in [2.05, 4.69) is 0 Å². The number of likely N-dealkylation sites (tertiary alicyclic amines) is 1. The van der Waals surface area contributed by atoms with Gasteiger partial charge in [0.1, 0.15) is 23.3 Å². The molecule has 1 amide bonds. The number of carbonyl (C=O) groups is 2. The first-order valence-corrected chi connectivity index (χ1v) is 10.3. The molecule has 1 aliphatic heterocycles. The van der Waals surface area contributed by atoms with Gasteiger partial charge in [-0.2, -0.15) is 0 Å². The molecule has 0 radical (unpaired) electrons. The fraction of sp³-hybridized carbons (Fsp3) is 0.231. The van der Waals surface area contributed by atoms with Crippen molar-refractivity contribution in [3.63, 3.8) is 0 Å². The number of carbonyl (C=O) groups excluding carboxylic acids is 2. The first-order chi connectivity index (χ1) is 15.3. The number of ether oxygens (including phenoxy) is 1. The second kappa shape index (κ2) is 8.38. The number of rotatable bonds is 5. The summed E-state index contributed by atoms with van der Waals surface area (Å²) in [6.07, 6.45) is 1.49. The van der Waals surface area contributed by atoms with E-state index in [4.69, 9.17) is 9.15 Å². The molecule has 0 saturated carbocycles. The number of hydrogen-bond acceptors (Lipinski definition) is 5. The van der Waals surface area contributed by atoms with Gasteiger partial charge in [-0.05, 0) is 67.8 Å². The van der Waals surface area contributed by atoms with Crippen LogP contribution in [-0.4, -0.2) is 28.8 Å². The lowest BCUT2D eigenvalue weighted by atomic mass is 9.98. The van der Waals surface area contributed by atoms with Crippen molar-refractivity contribution in [3.05, 3.63) is 93.9 Å². The van der Waals surface area contributed by atoms with Crippen molar-refractivity contribution >= 4 is 17.4 Å². The monoisotopic (exact) mass is 431 g/mol. The van der Waals surface area contributed by atoms with Gasteiger partial charge in [-0.3, -0.25) is 9.59 Å². The van der Waals surface area contributed by atoms with Gasteiger partial charge in [-0.1, -0.05) is 23.8 Å². The molecule has 6 nitrogen and oxygen atoms in total. The number of amides is 1. The van der Waals surface area contributed by atoms with Crippen molar-refractivity contribution in [3.8, 4) is 5.75 Å². The molecule has 164 valence electrons. The molecule has 1 saturated heterocycles. The maximum absolute atomic E-state index is 13.1. The number of methoxy groups -OCH3 is 1. The summed E-state index contributed by atoms with van der Waals surface area (Å²) < 4.78 is 10.9. The minimum Gasteiger partial charge on any atom is -0.507 e. The molecule has 3 aromatic rings. The zero-order valence-corrected chi connectivity index (χ0v) is 18.5. The number of aryl methyl sites for hydroxylation is 3. The Bertz CT molecular complexity index is 1220. The van der Waals surface area contributed by atoms with Crippen LogP contribution in [0.4, 0.5) is 0 Å². The third-order valence-electron chi connectivity index (χ3n) is 5.87. The van der Waals surface area contributed by atoms with Gasteiger partial charge in [-0.15, -0.1) is 0 Å². The Morgan fingerprint density at radius 1 is 1.06 bits per heavy atom. The summed E-state index contributed by atoms with van der Waals surface area (Å²) >= 11 is 0. The average Bonchev–Trinajstić information content (AvgIpc) is 3.38. The van der Waals surface area contributed by atoms with Crippen LogP contribution in [0.25, 0.3) is 5.76 Å². The van der Waals surface area contributed by atoms with Gasteiger partial charge in [0.05, 0.1) is 18.9 Å². The van der Waals surface area contributed by atoms with Crippen molar-refractivity contribution < 1.29 is 23.8 Å². The third kappa shape index (κ3) is 3.68. The number of hydrogen-bond donors (Lipinski definition) is 1. The van der Waals surface area contributed by atoms with E-state index in [1.165, 1.54) is 11.2 Å². The second-order valence-electron chi connectivity index (χ2n) is 8.06. The average molecular weight is 431 g/mol. The van der Waals surface area contributed by atoms with E-state index in [0.29, 0.717) is 17.1 Å². The lowest BCUT2D eigenvalue weighted by Crippen LogP contribution is -2.29. The highest BCUT2D eigenvalue weighted by Gasteiger charge is 2.47. The van der Waals surface area contributed by atoms with E-state index in [9.17, 15) is 14.7 Å². The van der Waals surface area contributed by atoms with Crippen molar-refractivity contribution in [2.45, 2.75) is 33.4 Å². The minimum absolute atomic E-state index is 0.0137. The Morgan fingerprint density at radius 2 is 1.84 bits per heavy atom. The first kappa shape index (κ1) is 21.4. The van der Waals surface area contributed by atoms with E-state index < -0.39 is 17.7 Å². The molecule has 6 heteroatoms. The summed E-state index contributed by atoms with van der Waals surface area (Å²) in [5, 5.41) is 11.1. The van der Waals surface area contributed by atoms with Gasteiger partial charge in [0.15, 0.2) is 0 Å². The van der Waals surface area contributed by atoms with Crippen LogP contribution in [0.2, 0.25) is 0 Å². The maximum atomic E-state index is 13.1. The maximum Gasteiger partial charge on any atom is 0.296 e. The van der Waals surface area contributed by atoms with E-state index in [1.54, 1.807) is 37.4 Å². The van der Waals surface area contributed by atoms with Crippen molar-refractivity contribution in [1.82, 2.24) is 4.90 Å². The van der Waals surface area contributed by atoms with Gasteiger partial charge in [0.2, 0.25) is 0 Å². The molecule has 1 aromatic heterocycles. The lowest BCUT2D eigenvalue weighted by Gasteiger charge is -2.24. The number of ketones is 1. The predicted octanol–water partition coefficient (Wildman–Crippen LogP) is 4.84. The minimum atomic E-state index is -0.827. The Labute approximate surface area is 186 Å². The zero-order valence-electron chi connectivity index (χ0n) is 18.5. The van der Waals surface area contributed by atoms with Crippen LogP contribution in [0, 0.1) is 20.8 Å². The van der Waals surface area contributed by atoms with Crippen molar-refractivity contribution in [2.24, 2.45) is 0 Å². The summed E-state index contributed by atoms with van der Waals surface area (Å²) in [4.78, 5) is 27.7. The van der Waals surface area contributed by atoms with E-state index in [1.807, 2.05) is 39.0 Å². The fourth-order valence-electron chi connectivity index (χ4n) is 4.12. The molecule has 1 fully saturated rings. The Balaban J connectivity index is 1.84. The molecule has 0 bridgehead atoms. The van der Waals surface area contributed by atoms with Crippen LogP contribution >= 0.6 is 0 Å². The third-order valence-corrected chi connectivity index (χ3v) is 5.87. The van der Waals surface area contributed by atoms with Crippen molar-refractivity contribution in [2.75, 3.05) is 7.11 Å². The van der Waals surface area contributed by atoms with Gasteiger partial charge in [0.25, 0.3) is 11.7 Å². The summed E-state index contributed by atoms with van der Waals surface area (Å²) in [5.74, 6) is -0.554.